The first kappa shape index (κ1) is 4.60. The average Bonchev–Trinajstić information content (AvgIpc) is 2.44. The number of hydrogen-bond donors (Lipinski definition) is 0. The third kappa shape index (κ3) is 0.331. The molecule has 2 aliphatic carbocycles. The molecule has 8 heavy (non-hydrogen) atoms. The lowest BCUT2D eigenvalue weighted by Crippen LogP contribution is -2.24. The van der Waals surface area contributed by atoms with Crippen molar-refractivity contribution in [2.45, 2.75) is 20.3 Å². The zero-order valence-corrected chi connectivity index (χ0v) is 5.52. The van der Waals surface area contributed by atoms with Gasteiger partial charge < -0.3 is 0 Å². The Bertz CT molecular complexity index is 144. The van der Waals surface area contributed by atoms with Crippen molar-refractivity contribution in [1.82, 2.24) is 0 Å². The van der Waals surface area contributed by atoms with Crippen molar-refractivity contribution >= 4 is 0 Å². The molecule has 0 aromatic carbocycles. The van der Waals surface area contributed by atoms with E-state index in [0.717, 1.165) is 17.8 Å². The van der Waals surface area contributed by atoms with Crippen LogP contribution in [0.5, 0.6) is 0 Å². The third-order valence-corrected chi connectivity index (χ3v) is 2.75. The maximum absolute atomic E-state index is 2.43. The highest BCUT2D eigenvalue weighted by molar-refractivity contribution is 5.41. The first-order valence-electron chi connectivity index (χ1n) is 3.56. The fourth-order valence-corrected chi connectivity index (χ4v) is 2.03. The molecule has 0 amide bonds. The molecule has 0 aliphatic heterocycles. The zero-order valence-electron chi connectivity index (χ0n) is 5.52. The lowest BCUT2D eigenvalue weighted by Gasteiger charge is -2.31. The summed E-state index contributed by atoms with van der Waals surface area (Å²) >= 11 is 0. The second-order valence-electron chi connectivity index (χ2n) is 3.05. The van der Waals surface area contributed by atoms with Crippen LogP contribution in [-0.2, 0) is 0 Å². The molecule has 0 N–H and O–H groups in total. The van der Waals surface area contributed by atoms with Crippen LogP contribution in [-0.4, -0.2) is 0 Å². The van der Waals surface area contributed by atoms with E-state index in [2.05, 4.69) is 19.9 Å². The standard InChI is InChI=1S/C8H12/c1-3-6-5(2)7-4-8(6)7/h4-6,8H,3H2,1-2H3. The average molecular weight is 108 g/mol. The molecular weight excluding hydrogens is 96.1 g/mol. The van der Waals surface area contributed by atoms with E-state index in [9.17, 15) is 0 Å². The molecule has 1 saturated carbocycles. The largest absolute Gasteiger partial charge is 0.0769 e. The molecule has 3 unspecified atom stereocenters. The van der Waals surface area contributed by atoms with E-state index in [-0.39, 0.29) is 0 Å². The predicted octanol–water partition coefficient (Wildman–Crippen LogP) is 2.22. The quantitative estimate of drug-likeness (QED) is 0.452. The monoisotopic (exact) mass is 108 g/mol. The minimum absolute atomic E-state index is 0.949. The number of allylic oxidation sites excluding steroid dienone is 2. The van der Waals surface area contributed by atoms with Gasteiger partial charge in [-0.3, -0.25) is 0 Å². The fraction of sp³-hybridized carbons (Fsp3) is 0.750. The molecule has 2 aliphatic rings. The van der Waals surface area contributed by atoms with E-state index in [1.54, 1.807) is 5.57 Å². The van der Waals surface area contributed by atoms with E-state index in [4.69, 9.17) is 0 Å². The first-order chi connectivity index (χ1) is 3.84. The van der Waals surface area contributed by atoms with E-state index in [0.29, 0.717) is 0 Å². The Morgan fingerprint density at radius 1 is 1.62 bits per heavy atom. The van der Waals surface area contributed by atoms with Crippen LogP contribution in [0.25, 0.3) is 0 Å². The molecule has 0 bridgehead atoms. The Morgan fingerprint density at radius 2 is 2.38 bits per heavy atom. The molecular formula is C8H12. The Morgan fingerprint density at radius 3 is 2.62 bits per heavy atom. The van der Waals surface area contributed by atoms with Gasteiger partial charge in [-0.1, -0.05) is 31.9 Å². The summed E-state index contributed by atoms with van der Waals surface area (Å²) in [4.78, 5) is 0. The van der Waals surface area contributed by atoms with Gasteiger partial charge in [-0.05, 0) is 11.8 Å². The highest BCUT2D eigenvalue weighted by atomic mass is 14.5. The molecule has 3 atom stereocenters. The van der Waals surface area contributed by atoms with Gasteiger partial charge >= 0.3 is 0 Å². The van der Waals surface area contributed by atoms with Crippen LogP contribution in [0, 0.1) is 17.8 Å². The predicted molar refractivity (Wildman–Crippen MR) is 34.5 cm³/mol. The van der Waals surface area contributed by atoms with Gasteiger partial charge in [0.1, 0.15) is 0 Å². The van der Waals surface area contributed by atoms with Gasteiger partial charge in [0.05, 0.1) is 0 Å². The fourth-order valence-electron chi connectivity index (χ4n) is 2.03. The summed E-state index contributed by atoms with van der Waals surface area (Å²) in [5, 5.41) is 0. The Labute approximate surface area is 50.6 Å². The molecule has 0 saturated heterocycles. The number of hydrogen-bond acceptors (Lipinski definition) is 0. The summed E-state index contributed by atoms with van der Waals surface area (Å²) in [6, 6.07) is 0. The van der Waals surface area contributed by atoms with Gasteiger partial charge in [-0.2, -0.15) is 0 Å². The SMILES string of the molecule is CCC1C(C)C2=CC21. The van der Waals surface area contributed by atoms with Crippen LogP contribution in [0.3, 0.4) is 0 Å². The van der Waals surface area contributed by atoms with Crippen LogP contribution < -0.4 is 0 Å². The normalized spacial score (nSPS) is 49.2. The topological polar surface area (TPSA) is 0 Å². The van der Waals surface area contributed by atoms with Crippen molar-refractivity contribution in [1.29, 1.82) is 0 Å². The van der Waals surface area contributed by atoms with Crippen LogP contribution >= 0.6 is 0 Å². The summed E-state index contributed by atoms with van der Waals surface area (Å²) in [5.41, 5.74) is 1.75. The van der Waals surface area contributed by atoms with Crippen molar-refractivity contribution in [3.63, 3.8) is 0 Å². The highest BCUT2D eigenvalue weighted by Gasteiger charge is 2.48. The first-order valence-corrected chi connectivity index (χ1v) is 3.56. The summed E-state index contributed by atoms with van der Waals surface area (Å²) in [5.74, 6) is 2.96. The lowest BCUT2D eigenvalue weighted by atomic mass is 9.73. The Hall–Kier alpha value is -0.260. The third-order valence-electron chi connectivity index (χ3n) is 2.75. The maximum Gasteiger partial charge on any atom is 0.00165 e. The highest BCUT2D eigenvalue weighted by Crippen LogP contribution is 2.58. The van der Waals surface area contributed by atoms with Crippen LogP contribution in [0.4, 0.5) is 0 Å². The Balaban J connectivity index is 2.03. The Kier molecular flexibility index (Phi) is 0.677. The number of rotatable bonds is 1. The second kappa shape index (κ2) is 1.18. The van der Waals surface area contributed by atoms with Crippen molar-refractivity contribution in [2.75, 3.05) is 0 Å². The van der Waals surface area contributed by atoms with Gasteiger partial charge in [0.2, 0.25) is 0 Å². The van der Waals surface area contributed by atoms with Crippen molar-refractivity contribution in [3.8, 4) is 0 Å². The summed E-state index contributed by atoms with van der Waals surface area (Å²) in [6.45, 7) is 4.65. The maximum atomic E-state index is 2.43. The van der Waals surface area contributed by atoms with Crippen molar-refractivity contribution in [3.05, 3.63) is 11.6 Å². The van der Waals surface area contributed by atoms with Gasteiger partial charge in [-0.15, -0.1) is 0 Å². The molecule has 0 aromatic heterocycles. The van der Waals surface area contributed by atoms with Crippen LogP contribution in [0.1, 0.15) is 20.3 Å². The molecule has 44 valence electrons. The molecule has 0 nitrogen and oxygen atoms in total. The second-order valence-corrected chi connectivity index (χ2v) is 3.05. The van der Waals surface area contributed by atoms with Crippen LogP contribution in [0.2, 0.25) is 0 Å². The van der Waals surface area contributed by atoms with Gasteiger partial charge in [0.25, 0.3) is 0 Å². The van der Waals surface area contributed by atoms with E-state index in [1.807, 2.05) is 0 Å². The number of fused-ring (bicyclic) bond motifs is 1. The summed E-state index contributed by atoms with van der Waals surface area (Å²) in [7, 11) is 0. The lowest BCUT2D eigenvalue weighted by molar-refractivity contribution is 0.277. The van der Waals surface area contributed by atoms with Gasteiger partial charge in [0, 0.05) is 5.92 Å². The minimum atomic E-state index is 0.949. The molecule has 0 radical (unpaired) electrons. The molecule has 0 heteroatoms. The molecule has 0 heterocycles. The van der Waals surface area contributed by atoms with Crippen molar-refractivity contribution < 1.29 is 0 Å². The van der Waals surface area contributed by atoms with E-state index in [1.165, 1.54) is 6.42 Å². The van der Waals surface area contributed by atoms with Crippen molar-refractivity contribution in [2.24, 2.45) is 17.8 Å². The smallest absolute Gasteiger partial charge is 0.00165 e. The summed E-state index contributed by atoms with van der Waals surface area (Å²) < 4.78 is 0. The van der Waals surface area contributed by atoms with Gasteiger partial charge in [0.15, 0.2) is 0 Å². The molecule has 1 fully saturated rings. The summed E-state index contributed by atoms with van der Waals surface area (Å²) in [6.07, 6.45) is 3.81. The van der Waals surface area contributed by atoms with E-state index >= 15 is 0 Å². The molecule has 0 spiro atoms. The molecule has 0 aromatic rings. The zero-order chi connectivity index (χ0) is 5.72. The molecule has 2 rings (SSSR count). The minimum Gasteiger partial charge on any atom is -0.0769 e. The van der Waals surface area contributed by atoms with Gasteiger partial charge in [-0.25, -0.2) is 0 Å². The van der Waals surface area contributed by atoms with Crippen LogP contribution in [0.15, 0.2) is 11.6 Å². The van der Waals surface area contributed by atoms with E-state index < -0.39 is 0 Å².